The van der Waals surface area contributed by atoms with E-state index in [9.17, 15) is 9.59 Å². The van der Waals surface area contributed by atoms with Gasteiger partial charge in [0.05, 0.1) is 13.2 Å². The molecule has 0 N–H and O–H groups in total. The van der Waals surface area contributed by atoms with Gasteiger partial charge in [0.1, 0.15) is 5.78 Å². The smallest absolute Gasteiger partial charge is 0.337 e. The number of ketones is 1. The van der Waals surface area contributed by atoms with Crippen LogP contribution < -0.4 is 0 Å². The van der Waals surface area contributed by atoms with Crippen LogP contribution in [0.15, 0.2) is 0 Å². The van der Waals surface area contributed by atoms with Crippen LogP contribution in [0.4, 0.5) is 0 Å². The summed E-state index contributed by atoms with van der Waals surface area (Å²) in [5.41, 5.74) is 0.762. The zero-order valence-corrected chi connectivity index (χ0v) is 18.6. The highest BCUT2D eigenvalue weighted by Crippen LogP contribution is 2.68. The van der Waals surface area contributed by atoms with Crippen molar-refractivity contribution in [2.45, 2.75) is 90.8 Å². The number of fused-ring (bicyclic) bond motifs is 5. The molecule has 4 nitrogen and oxygen atoms in total. The molecule has 5 aliphatic rings. The van der Waals surface area contributed by atoms with Gasteiger partial charge in [0.2, 0.25) is 0 Å². The number of methoxy groups -OCH3 is 1. The molecule has 4 aliphatic carbocycles. The van der Waals surface area contributed by atoms with Gasteiger partial charge in [-0.1, -0.05) is 20.8 Å². The molecule has 0 aromatic carbocycles. The Morgan fingerprint density at radius 2 is 1.83 bits per heavy atom. The minimum absolute atomic E-state index is 0.0540. The summed E-state index contributed by atoms with van der Waals surface area (Å²) in [6.45, 7) is 7.39. The number of carbonyl (C=O) groups is 2. The lowest BCUT2D eigenvalue weighted by Crippen LogP contribution is -2.54. The summed E-state index contributed by atoms with van der Waals surface area (Å²) in [4.78, 5) is 24.0. The molecule has 1 saturated heterocycles. The Morgan fingerprint density at radius 3 is 2.59 bits per heavy atom. The van der Waals surface area contributed by atoms with E-state index in [4.69, 9.17) is 9.47 Å². The predicted molar refractivity (Wildman–Crippen MR) is 110 cm³/mol. The van der Waals surface area contributed by atoms with Gasteiger partial charge in [-0.2, -0.15) is 0 Å². The van der Waals surface area contributed by atoms with Gasteiger partial charge in [-0.15, -0.1) is 0 Å². The van der Waals surface area contributed by atoms with Gasteiger partial charge >= 0.3 is 5.97 Å². The van der Waals surface area contributed by atoms with Gasteiger partial charge < -0.3 is 9.47 Å². The first-order valence-corrected chi connectivity index (χ1v) is 12.0. The summed E-state index contributed by atoms with van der Waals surface area (Å²) >= 11 is 0. The van der Waals surface area contributed by atoms with E-state index >= 15 is 0 Å². The topological polar surface area (TPSA) is 55.9 Å². The number of Topliss-reactive ketones (excluding diaryl/α,β-unsaturated/α-hetero) is 1. The van der Waals surface area contributed by atoms with Gasteiger partial charge in [0, 0.05) is 12.8 Å². The van der Waals surface area contributed by atoms with E-state index in [1.165, 1.54) is 45.6 Å². The van der Waals surface area contributed by atoms with Crippen molar-refractivity contribution in [3.63, 3.8) is 0 Å². The molecule has 0 aromatic rings. The van der Waals surface area contributed by atoms with Crippen LogP contribution in [0.2, 0.25) is 0 Å². The van der Waals surface area contributed by atoms with E-state index in [0.717, 1.165) is 37.0 Å². The van der Waals surface area contributed by atoms with E-state index in [0.29, 0.717) is 34.4 Å². The maximum Gasteiger partial charge on any atom is 0.337 e. The first-order chi connectivity index (χ1) is 13.8. The fraction of sp³-hybridized carbons (Fsp3) is 0.920. The maximum absolute atomic E-state index is 12.1. The standard InChI is InChI=1S/C25H38O4/c1-14(21-22(29-21)23(27)28-4)18-7-8-19-17-6-5-15-13-16(26)9-11-24(15,2)20(17)10-12-25(18,19)3/h14-15,17-22H,5-13H2,1-4H3/t14?,15?,17-,18+,19-,20-,21?,22?,24-,25+/m0/s1. The minimum Gasteiger partial charge on any atom is -0.467 e. The zero-order chi connectivity index (χ0) is 20.6. The number of epoxide rings is 1. The molecule has 0 amide bonds. The molecule has 5 fully saturated rings. The summed E-state index contributed by atoms with van der Waals surface area (Å²) in [5, 5.41) is 0. The SMILES string of the molecule is COC(=O)C1OC1C(C)[C@H]1CC[C@H]2[C@@H]3CCC4CC(=O)CC[C@]4(C)[C@H]3CC[C@]12C. The average Bonchev–Trinajstić information content (AvgIpc) is 3.42. The Labute approximate surface area is 175 Å². The van der Waals surface area contributed by atoms with E-state index in [1.807, 2.05) is 0 Å². The van der Waals surface area contributed by atoms with Crippen molar-refractivity contribution >= 4 is 11.8 Å². The normalized spacial score (nSPS) is 52.1. The molecule has 10 atom stereocenters. The van der Waals surface area contributed by atoms with E-state index in [-0.39, 0.29) is 18.2 Å². The Bertz CT molecular complexity index is 703. The summed E-state index contributed by atoms with van der Waals surface area (Å²) in [5.74, 6) is 4.44. The van der Waals surface area contributed by atoms with Crippen LogP contribution in [-0.2, 0) is 19.1 Å². The summed E-state index contributed by atoms with van der Waals surface area (Å²) in [6.07, 6.45) is 10.3. The molecule has 0 spiro atoms. The molecule has 162 valence electrons. The molecule has 1 aliphatic heterocycles. The molecule has 4 saturated carbocycles. The second-order valence-electron chi connectivity index (χ2n) is 11.5. The molecule has 4 heteroatoms. The first kappa shape index (κ1) is 20.0. The van der Waals surface area contributed by atoms with Crippen LogP contribution in [0, 0.1) is 46.3 Å². The monoisotopic (exact) mass is 402 g/mol. The van der Waals surface area contributed by atoms with Crippen LogP contribution in [0.3, 0.4) is 0 Å². The number of rotatable bonds is 3. The van der Waals surface area contributed by atoms with Gasteiger partial charge in [-0.25, -0.2) is 4.79 Å². The van der Waals surface area contributed by atoms with Crippen LogP contribution in [0.1, 0.15) is 78.6 Å². The third kappa shape index (κ3) is 2.87. The van der Waals surface area contributed by atoms with Gasteiger partial charge in [-0.3, -0.25) is 4.79 Å². The van der Waals surface area contributed by atoms with Crippen molar-refractivity contribution in [1.29, 1.82) is 0 Å². The second kappa shape index (κ2) is 6.80. The number of hydrogen-bond donors (Lipinski definition) is 0. The average molecular weight is 403 g/mol. The van der Waals surface area contributed by atoms with Gasteiger partial charge in [0.15, 0.2) is 6.10 Å². The molecule has 5 rings (SSSR count). The molecule has 0 aromatic heterocycles. The van der Waals surface area contributed by atoms with Crippen LogP contribution in [-0.4, -0.2) is 31.1 Å². The van der Waals surface area contributed by atoms with Crippen molar-refractivity contribution in [2.75, 3.05) is 7.11 Å². The number of carbonyl (C=O) groups excluding carboxylic acids is 2. The van der Waals surface area contributed by atoms with Gasteiger partial charge in [0.25, 0.3) is 0 Å². The Morgan fingerprint density at radius 1 is 1.07 bits per heavy atom. The van der Waals surface area contributed by atoms with Crippen LogP contribution in [0.5, 0.6) is 0 Å². The van der Waals surface area contributed by atoms with Crippen molar-refractivity contribution in [3.05, 3.63) is 0 Å². The fourth-order valence-corrected chi connectivity index (χ4v) is 9.01. The van der Waals surface area contributed by atoms with Crippen molar-refractivity contribution in [3.8, 4) is 0 Å². The molecule has 0 radical (unpaired) electrons. The molecular weight excluding hydrogens is 364 g/mol. The lowest BCUT2D eigenvalue weighted by Gasteiger charge is -2.60. The quantitative estimate of drug-likeness (QED) is 0.503. The predicted octanol–water partition coefficient (Wildman–Crippen LogP) is 4.79. The third-order valence-electron chi connectivity index (χ3n) is 10.7. The van der Waals surface area contributed by atoms with Crippen LogP contribution in [0.25, 0.3) is 0 Å². The van der Waals surface area contributed by atoms with Crippen molar-refractivity contribution in [2.24, 2.45) is 46.3 Å². The molecule has 1 heterocycles. The zero-order valence-electron chi connectivity index (χ0n) is 18.6. The Balaban J connectivity index is 1.34. The largest absolute Gasteiger partial charge is 0.467 e. The summed E-state index contributed by atoms with van der Waals surface area (Å²) in [7, 11) is 1.45. The fourth-order valence-electron chi connectivity index (χ4n) is 9.01. The lowest BCUT2D eigenvalue weighted by molar-refractivity contribution is -0.142. The number of hydrogen-bond acceptors (Lipinski definition) is 4. The first-order valence-electron chi connectivity index (χ1n) is 12.0. The third-order valence-corrected chi connectivity index (χ3v) is 10.7. The number of esters is 1. The van der Waals surface area contributed by atoms with Crippen LogP contribution >= 0.6 is 0 Å². The maximum atomic E-state index is 12.1. The molecule has 29 heavy (non-hydrogen) atoms. The lowest BCUT2D eigenvalue weighted by atomic mass is 9.44. The van der Waals surface area contributed by atoms with E-state index < -0.39 is 0 Å². The molecule has 4 unspecified atom stereocenters. The van der Waals surface area contributed by atoms with Crippen molar-refractivity contribution < 1.29 is 19.1 Å². The second-order valence-corrected chi connectivity index (χ2v) is 11.5. The highest BCUT2D eigenvalue weighted by molar-refractivity contribution is 5.79. The van der Waals surface area contributed by atoms with E-state index in [2.05, 4.69) is 20.8 Å². The highest BCUT2D eigenvalue weighted by Gasteiger charge is 2.63. The molecule has 0 bridgehead atoms. The molecular formula is C25H38O4. The summed E-state index contributed by atoms with van der Waals surface area (Å²) in [6, 6.07) is 0. The van der Waals surface area contributed by atoms with Crippen molar-refractivity contribution in [1.82, 2.24) is 0 Å². The Kier molecular flexibility index (Phi) is 4.70. The minimum atomic E-state index is -0.330. The number of ether oxygens (including phenoxy) is 2. The van der Waals surface area contributed by atoms with E-state index in [1.54, 1.807) is 0 Å². The Hall–Kier alpha value is -0.900. The summed E-state index contributed by atoms with van der Waals surface area (Å²) < 4.78 is 10.7. The highest BCUT2D eigenvalue weighted by atomic mass is 16.6. The van der Waals surface area contributed by atoms with Gasteiger partial charge in [-0.05, 0) is 91.3 Å².